The summed E-state index contributed by atoms with van der Waals surface area (Å²) in [4.78, 5) is 38.5. The van der Waals surface area contributed by atoms with Crippen LogP contribution in [0.5, 0.6) is 0 Å². The van der Waals surface area contributed by atoms with E-state index in [-0.39, 0.29) is 28.8 Å². The molecule has 1 N–H and O–H groups in total. The van der Waals surface area contributed by atoms with Crippen molar-refractivity contribution < 1.29 is 9.59 Å². The molecule has 1 unspecified atom stereocenters. The quantitative estimate of drug-likeness (QED) is 0.893. The predicted octanol–water partition coefficient (Wildman–Crippen LogP) is 2.21. The van der Waals surface area contributed by atoms with Crippen LogP contribution in [0.2, 0.25) is 5.02 Å². The molecule has 1 atom stereocenters. The maximum Gasteiger partial charge on any atom is 0.269 e. The average molecular weight is 374 g/mol. The zero-order valence-corrected chi connectivity index (χ0v) is 15.2. The molecule has 6 nitrogen and oxygen atoms in total. The summed E-state index contributed by atoms with van der Waals surface area (Å²) in [5.41, 5.74) is 1.03. The van der Waals surface area contributed by atoms with E-state index in [0.29, 0.717) is 18.7 Å². The van der Waals surface area contributed by atoms with Crippen molar-refractivity contribution in [2.75, 3.05) is 11.9 Å². The lowest BCUT2D eigenvalue weighted by Crippen LogP contribution is -2.43. The third-order valence-electron chi connectivity index (χ3n) is 4.48. The van der Waals surface area contributed by atoms with E-state index in [0.717, 1.165) is 12.0 Å². The first kappa shape index (κ1) is 18.2. The highest BCUT2D eigenvalue weighted by atomic mass is 35.5. The number of pyridine rings is 1. The maximum absolute atomic E-state index is 12.7. The molecule has 1 aliphatic heterocycles. The average Bonchev–Trinajstić information content (AvgIpc) is 3.10. The van der Waals surface area contributed by atoms with Gasteiger partial charge in [0.25, 0.3) is 5.56 Å². The van der Waals surface area contributed by atoms with Crippen molar-refractivity contribution in [3.05, 3.63) is 63.5 Å². The number of likely N-dealkylation sites (tertiary alicyclic amines) is 1. The number of anilines is 1. The lowest BCUT2D eigenvalue weighted by molar-refractivity contribution is -0.136. The van der Waals surface area contributed by atoms with Gasteiger partial charge in [-0.25, -0.2) is 0 Å². The molecule has 3 rings (SSSR count). The van der Waals surface area contributed by atoms with Gasteiger partial charge in [0.15, 0.2) is 0 Å². The molecule has 0 bridgehead atoms. The Hall–Kier alpha value is -2.60. The molecule has 2 heterocycles. The molecule has 0 aliphatic carbocycles. The number of nitrogens with one attached hydrogen (secondary N) is 1. The Morgan fingerprint density at radius 2 is 2.00 bits per heavy atom. The first-order valence-corrected chi connectivity index (χ1v) is 8.84. The number of hydrogen-bond donors (Lipinski definition) is 1. The number of amides is 2. The van der Waals surface area contributed by atoms with Crippen LogP contribution >= 0.6 is 11.6 Å². The van der Waals surface area contributed by atoms with Crippen molar-refractivity contribution in [1.29, 1.82) is 0 Å². The second kappa shape index (κ2) is 7.74. The van der Waals surface area contributed by atoms with Crippen LogP contribution in [0, 0.1) is 0 Å². The second-order valence-electron chi connectivity index (χ2n) is 6.39. The molecule has 2 amide bonds. The van der Waals surface area contributed by atoms with E-state index in [2.05, 4.69) is 5.32 Å². The molecule has 2 aromatic rings. The maximum atomic E-state index is 12.7. The Morgan fingerprint density at radius 1 is 1.27 bits per heavy atom. The zero-order chi connectivity index (χ0) is 18.7. The van der Waals surface area contributed by atoms with Crippen LogP contribution in [0.15, 0.2) is 47.4 Å². The molecular formula is C19H20ClN3O3. The Morgan fingerprint density at radius 3 is 2.69 bits per heavy atom. The number of hydrogen-bond acceptors (Lipinski definition) is 3. The van der Waals surface area contributed by atoms with Crippen LogP contribution in [-0.2, 0) is 23.1 Å². The summed E-state index contributed by atoms with van der Waals surface area (Å²) in [7, 11) is 1.56. The van der Waals surface area contributed by atoms with Crippen LogP contribution in [0.3, 0.4) is 0 Å². The highest BCUT2D eigenvalue weighted by Gasteiger charge is 2.34. The second-order valence-corrected chi connectivity index (χ2v) is 6.80. The number of rotatable bonds is 4. The van der Waals surface area contributed by atoms with Gasteiger partial charge >= 0.3 is 0 Å². The summed E-state index contributed by atoms with van der Waals surface area (Å²) in [5, 5.41) is 2.80. The summed E-state index contributed by atoms with van der Waals surface area (Å²) in [6.45, 7) is 0.567. The lowest BCUT2D eigenvalue weighted by Gasteiger charge is -2.24. The molecule has 1 saturated heterocycles. The Bertz CT molecular complexity index is 853. The van der Waals surface area contributed by atoms with Crippen molar-refractivity contribution in [1.82, 2.24) is 9.47 Å². The number of aromatic nitrogens is 1. The number of carbonyl (C=O) groups excluding carboxylic acids is 2. The van der Waals surface area contributed by atoms with E-state index < -0.39 is 6.04 Å². The zero-order valence-electron chi connectivity index (χ0n) is 14.4. The number of halogens is 1. The van der Waals surface area contributed by atoms with Gasteiger partial charge in [0, 0.05) is 19.8 Å². The Labute approximate surface area is 156 Å². The predicted molar refractivity (Wildman–Crippen MR) is 100 cm³/mol. The molecule has 0 saturated carbocycles. The van der Waals surface area contributed by atoms with Crippen LogP contribution in [-0.4, -0.2) is 33.9 Å². The van der Waals surface area contributed by atoms with Crippen molar-refractivity contribution in [2.24, 2.45) is 7.05 Å². The summed E-state index contributed by atoms with van der Waals surface area (Å²) in [6, 6.07) is 10.4. The largest absolute Gasteiger partial charge is 0.330 e. The van der Waals surface area contributed by atoms with Crippen LogP contribution < -0.4 is 10.9 Å². The number of nitrogens with zero attached hydrogens (tertiary/aromatic N) is 2. The summed E-state index contributed by atoms with van der Waals surface area (Å²) < 4.78 is 1.31. The first-order valence-electron chi connectivity index (χ1n) is 8.46. The number of benzene rings is 1. The molecule has 0 radical (unpaired) electrons. The SMILES string of the molecule is Cn1cc(NC(=O)C2CCCN2C(=O)Cc2ccccc2)cc(Cl)c1=O. The Kier molecular flexibility index (Phi) is 5.42. The van der Waals surface area contributed by atoms with Crippen molar-refractivity contribution >= 4 is 29.1 Å². The van der Waals surface area contributed by atoms with E-state index in [4.69, 9.17) is 11.6 Å². The van der Waals surface area contributed by atoms with Gasteiger partial charge in [0.05, 0.1) is 12.1 Å². The van der Waals surface area contributed by atoms with Gasteiger partial charge in [-0.1, -0.05) is 41.9 Å². The third-order valence-corrected chi connectivity index (χ3v) is 4.75. The minimum absolute atomic E-state index is 0.0359. The molecule has 26 heavy (non-hydrogen) atoms. The van der Waals surface area contributed by atoms with Crippen molar-refractivity contribution in [3.63, 3.8) is 0 Å². The van der Waals surface area contributed by atoms with E-state index >= 15 is 0 Å². The smallest absolute Gasteiger partial charge is 0.269 e. The van der Waals surface area contributed by atoms with Gasteiger partial charge in [-0.15, -0.1) is 0 Å². The lowest BCUT2D eigenvalue weighted by atomic mass is 10.1. The van der Waals surface area contributed by atoms with Crippen LogP contribution in [0.4, 0.5) is 5.69 Å². The van der Waals surface area contributed by atoms with Crippen molar-refractivity contribution in [2.45, 2.75) is 25.3 Å². The summed E-state index contributed by atoms with van der Waals surface area (Å²) in [6.07, 6.45) is 3.19. The van der Waals surface area contributed by atoms with Gasteiger partial charge in [-0.05, 0) is 24.5 Å². The van der Waals surface area contributed by atoms with E-state index in [9.17, 15) is 14.4 Å². The molecule has 1 fully saturated rings. The minimum Gasteiger partial charge on any atom is -0.330 e. The van der Waals surface area contributed by atoms with Crippen LogP contribution in [0.25, 0.3) is 0 Å². The molecule has 1 aliphatic rings. The molecule has 1 aromatic heterocycles. The van der Waals surface area contributed by atoms with E-state index in [1.54, 1.807) is 11.9 Å². The molecule has 0 spiro atoms. The summed E-state index contributed by atoms with van der Waals surface area (Å²) >= 11 is 5.88. The highest BCUT2D eigenvalue weighted by molar-refractivity contribution is 6.30. The molecular weight excluding hydrogens is 354 g/mol. The molecule has 7 heteroatoms. The fourth-order valence-corrected chi connectivity index (χ4v) is 3.43. The fraction of sp³-hybridized carbons (Fsp3) is 0.316. The number of aryl methyl sites for hydroxylation is 1. The van der Waals surface area contributed by atoms with Gasteiger partial charge in [-0.2, -0.15) is 0 Å². The van der Waals surface area contributed by atoms with Crippen molar-refractivity contribution in [3.8, 4) is 0 Å². The Balaban J connectivity index is 1.70. The van der Waals surface area contributed by atoms with E-state index in [1.165, 1.54) is 16.8 Å². The highest BCUT2D eigenvalue weighted by Crippen LogP contribution is 2.21. The van der Waals surface area contributed by atoms with Gasteiger partial charge in [-0.3, -0.25) is 14.4 Å². The standard InChI is InChI=1S/C19H20ClN3O3/c1-22-12-14(11-15(20)19(22)26)21-18(25)16-8-5-9-23(16)17(24)10-13-6-3-2-4-7-13/h2-4,6-7,11-12,16H,5,8-10H2,1H3,(H,21,25). The third kappa shape index (κ3) is 3.96. The van der Waals surface area contributed by atoms with Gasteiger partial charge < -0.3 is 14.8 Å². The van der Waals surface area contributed by atoms with E-state index in [1.807, 2.05) is 30.3 Å². The minimum atomic E-state index is -0.512. The van der Waals surface area contributed by atoms with Crippen LogP contribution in [0.1, 0.15) is 18.4 Å². The van der Waals surface area contributed by atoms with Gasteiger partial charge in [0.2, 0.25) is 11.8 Å². The monoisotopic (exact) mass is 373 g/mol. The number of carbonyl (C=O) groups is 2. The van der Waals surface area contributed by atoms with Gasteiger partial charge in [0.1, 0.15) is 11.1 Å². The first-order chi connectivity index (χ1) is 12.5. The topological polar surface area (TPSA) is 71.4 Å². The molecule has 1 aromatic carbocycles. The summed E-state index contributed by atoms with van der Waals surface area (Å²) in [5.74, 6) is -0.328. The normalized spacial score (nSPS) is 16.5. The fourth-order valence-electron chi connectivity index (χ4n) is 3.18. The molecule has 136 valence electrons.